The number of hydrogen-bond acceptors (Lipinski definition) is 3. The molecule has 36 heavy (non-hydrogen) atoms. The number of carbonyl (C=O) groups excluding carboxylic acids is 3. The number of nitrogens with zero attached hydrogens (tertiary/aromatic N) is 1. The van der Waals surface area contributed by atoms with E-state index in [0.29, 0.717) is 25.1 Å². The van der Waals surface area contributed by atoms with E-state index in [1.807, 2.05) is 54.6 Å². The van der Waals surface area contributed by atoms with E-state index in [1.54, 1.807) is 23.1 Å². The summed E-state index contributed by atoms with van der Waals surface area (Å²) in [4.78, 5) is 39.0. The molecule has 1 saturated heterocycles. The second kappa shape index (κ2) is 11.9. The average molecular weight is 486 g/mol. The Morgan fingerprint density at radius 3 is 2.58 bits per heavy atom. The van der Waals surface area contributed by atoms with Crippen LogP contribution in [-0.4, -0.2) is 42.3 Å². The molecule has 1 heterocycles. The first-order chi connectivity index (χ1) is 17.5. The molecule has 0 spiro atoms. The fraction of sp³-hybridized carbons (Fsp3) is 0.207. The minimum absolute atomic E-state index is 0.0566. The zero-order valence-electron chi connectivity index (χ0n) is 19.8. The normalized spacial score (nSPS) is 16.0. The lowest BCUT2D eigenvalue weighted by molar-refractivity contribution is -0.134. The first kappa shape index (κ1) is 24.9. The highest BCUT2D eigenvalue weighted by Gasteiger charge is 2.33. The summed E-state index contributed by atoms with van der Waals surface area (Å²) in [5, 5.41) is 5.55. The number of rotatable bonds is 9. The Labute approximate surface area is 209 Å². The molecule has 0 saturated carbocycles. The van der Waals surface area contributed by atoms with Gasteiger partial charge in [0.15, 0.2) is 0 Å². The van der Waals surface area contributed by atoms with E-state index < -0.39 is 17.8 Å². The molecular weight excluding hydrogens is 457 g/mol. The van der Waals surface area contributed by atoms with E-state index in [-0.39, 0.29) is 18.2 Å². The first-order valence-electron chi connectivity index (χ1n) is 11.9. The Hall–Kier alpha value is -4.26. The van der Waals surface area contributed by atoms with Gasteiger partial charge in [-0.05, 0) is 47.4 Å². The second-order valence-corrected chi connectivity index (χ2v) is 8.76. The lowest BCUT2D eigenvalue weighted by Gasteiger charge is -2.24. The number of nitrogens with one attached hydrogen (secondary N) is 2. The summed E-state index contributed by atoms with van der Waals surface area (Å²) in [5.41, 5.74) is 3.18. The highest BCUT2D eigenvalue weighted by Crippen LogP contribution is 2.32. The molecule has 0 aromatic heterocycles. The van der Waals surface area contributed by atoms with Crippen LogP contribution in [0.4, 0.5) is 10.1 Å². The lowest BCUT2D eigenvalue weighted by Crippen LogP contribution is -2.48. The van der Waals surface area contributed by atoms with E-state index in [9.17, 15) is 18.8 Å². The van der Waals surface area contributed by atoms with Crippen molar-refractivity contribution >= 4 is 30.0 Å². The van der Waals surface area contributed by atoms with Gasteiger partial charge in [-0.2, -0.15) is 0 Å². The summed E-state index contributed by atoms with van der Waals surface area (Å²) < 4.78 is 13.8. The summed E-state index contributed by atoms with van der Waals surface area (Å²) in [5.74, 6) is -0.954. The van der Waals surface area contributed by atoms with E-state index in [4.69, 9.17) is 0 Å². The molecular formula is C29H28FN3O3. The predicted molar refractivity (Wildman–Crippen MR) is 138 cm³/mol. The largest absolute Gasteiger partial charge is 0.340 e. The third kappa shape index (κ3) is 6.44. The van der Waals surface area contributed by atoms with Gasteiger partial charge in [0.2, 0.25) is 18.2 Å². The molecule has 1 aliphatic rings. The topological polar surface area (TPSA) is 78.5 Å². The second-order valence-electron chi connectivity index (χ2n) is 8.76. The van der Waals surface area contributed by atoms with E-state index in [2.05, 4.69) is 10.6 Å². The SMILES string of the molecule is O=CNc1ccccc1C1CCN(C(=O)C(Cc2cccc(F)c2)NC(=O)/C=C/c2ccccc2)C1. The van der Waals surface area contributed by atoms with Crippen molar-refractivity contribution in [1.82, 2.24) is 10.2 Å². The molecule has 3 amide bonds. The molecule has 2 atom stereocenters. The molecule has 1 fully saturated rings. The molecule has 2 unspecified atom stereocenters. The summed E-state index contributed by atoms with van der Waals surface area (Å²) >= 11 is 0. The van der Waals surface area contributed by atoms with Crippen LogP contribution in [0.2, 0.25) is 0 Å². The molecule has 0 bridgehead atoms. The van der Waals surface area contributed by atoms with Crippen LogP contribution in [0, 0.1) is 5.82 Å². The smallest absolute Gasteiger partial charge is 0.245 e. The van der Waals surface area contributed by atoms with Gasteiger partial charge in [0.05, 0.1) is 0 Å². The summed E-state index contributed by atoms with van der Waals surface area (Å²) in [6.45, 7) is 0.986. The van der Waals surface area contributed by atoms with Crippen LogP contribution >= 0.6 is 0 Å². The van der Waals surface area contributed by atoms with E-state index >= 15 is 0 Å². The van der Waals surface area contributed by atoms with Gasteiger partial charge in [-0.3, -0.25) is 14.4 Å². The van der Waals surface area contributed by atoms with Crippen LogP contribution in [-0.2, 0) is 20.8 Å². The van der Waals surface area contributed by atoms with Crippen molar-refractivity contribution in [3.05, 3.63) is 107 Å². The standard InChI is InChI=1S/C29H28FN3O3/c30-24-10-6-9-22(17-24)18-27(32-28(35)14-13-21-7-2-1-3-8-21)29(36)33-16-15-23(19-33)25-11-4-5-12-26(25)31-20-34/h1-14,17,20,23,27H,15-16,18-19H2,(H,31,34)(H,32,35)/b14-13+. The first-order valence-corrected chi connectivity index (χ1v) is 11.9. The number of amides is 3. The summed E-state index contributed by atoms with van der Waals surface area (Å²) in [7, 11) is 0. The van der Waals surface area contributed by atoms with Gasteiger partial charge in [0, 0.05) is 37.2 Å². The van der Waals surface area contributed by atoms with Crippen LogP contribution < -0.4 is 10.6 Å². The van der Waals surface area contributed by atoms with Crippen molar-refractivity contribution in [1.29, 1.82) is 0 Å². The average Bonchev–Trinajstić information content (AvgIpc) is 3.38. The fourth-order valence-electron chi connectivity index (χ4n) is 4.54. The Bertz CT molecular complexity index is 1250. The van der Waals surface area contributed by atoms with Crippen molar-refractivity contribution in [2.24, 2.45) is 0 Å². The van der Waals surface area contributed by atoms with Gasteiger partial charge >= 0.3 is 0 Å². The quantitative estimate of drug-likeness (QED) is 0.353. The van der Waals surface area contributed by atoms with Crippen LogP contribution in [0.3, 0.4) is 0 Å². The molecule has 0 radical (unpaired) electrons. The molecule has 4 rings (SSSR count). The van der Waals surface area contributed by atoms with Crippen molar-refractivity contribution < 1.29 is 18.8 Å². The summed E-state index contributed by atoms with van der Waals surface area (Å²) in [6, 6.07) is 22.1. The van der Waals surface area contributed by atoms with Gasteiger partial charge in [0.1, 0.15) is 11.9 Å². The number of halogens is 1. The highest BCUT2D eigenvalue weighted by molar-refractivity contribution is 5.95. The third-order valence-electron chi connectivity index (χ3n) is 6.29. The van der Waals surface area contributed by atoms with E-state index in [1.165, 1.54) is 18.2 Å². The van der Waals surface area contributed by atoms with Gasteiger partial charge in [-0.25, -0.2) is 4.39 Å². The van der Waals surface area contributed by atoms with Crippen molar-refractivity contribution in [2.75, 3.05) is 18.4 Å². The minimum atomic E-state index is -0.846. The molecule has 184 valence electrons. The molecule has 0 aliphatic carbocycles. The van der Waals surface area contributed by atoms with Gasteiger partial charge in [-0.1, -0.05) is 60.7 Å². The number of benzene rings is 3. The van der Waals surface area contributed by atoms with Crippen molar-refractivity contribution in [2.45, 2.75) is 24.8 Å². The van der Waals surface area contributed by atoms with Crippen molar-refractivity contribution in [3.63, 3.8) is 0 Å². The maximum absolute atomic E-state index is 13.8. The predicted octanol–water partition coefficient (Wildman–Crippen LogP) is 4.15. The van der Waals surface area contributed by atoms with E-state index in [0.717, 1.165) is 23.2 Å². The number of para-hydroxylation sites is 1. The summed E-state index contributed by atoms with van der Waals surface area (Å²) in [6.07, 6.45) is 4.63. The Morgan fingerprint density at radius 1 is 1.03 bits per heavy atom. The number of likely N-dealkylation sites (tertiary alicyclic amines) is 1. The number of anilines is 1. The molecule has 3 aromatic carbocycles. The lowest BCUT2D eigenvalue weighted by atomic mass is 9.96. The highest BCUT2D eigenvalue weighted by atomic mass is 19.1. The van der Waals surface area contributed by atoms with Crippen LogP contribution in [0.15, 0.2) is 84.9 Å². The van der Waals surface area contributed by atoms with Gasteiger partial charge in [-0.15, -0.1) is 0 Å². The zero-order valence-corrected chi connectivity index (χ0v) is 19.8. The van der Waals surface area contributed by atoms with Crippen LogP contribution in [0.5, 0.6) is 0 Å². The van der Waals surface area contributed by atoms with Gasteiger partial charge < -0.3 is 15.5 Å². The third-order valence-corrected chi connectivity index (χ3v) is 6.29. The van der Waals surface area contributed by atoms with Crippen LogP contribution in [0.25, 0.3) is 6.08 Å². The number of carbonyl (C=O) groups is 3. The maximum atomic E-state index is 13.8. The molecule has 3 aromatic rings. The molecule has 2 N–H and O–H groups in total. The Kier molecular flexibility index (Phi) is 8.24. The Morgan fingerprint density at radius 2 is 1.81 bits per heavy atom. The fourth-order valence-corrected chi connectivity index (χ4v) is 4.54. The maximum Gasteiger partial charge on any atom is 0.245 e. The minimum Gasteiger partial charge on any atom is -0.340 e. The zero-order chi connectivity index (χ0) is 25.3. The molecule has 1 aliphatic heterocycles. The van der Waals surface area contributed by atoms with Crippen LogP contribution in [0.1, 0.15) is 29.0 Å². The molecule has 7 heteroatoms. The monoisotopic (exact) mass is 485 g/mol. The number of hydrogen-bond donors (Lipinski definition) is 2. The Balaban J connectivity index is 1.49. The molecule has 6 nitrogen and oxygen atoms in total. The van der Waals surface area contributed by atoms with Crippen molar-refractivity contribution in [3.8, 4) is 0 Å². The van der Waals surface area contributed by atoms with Gasteiger partial charge in [0.25, 0.3) is 0 Å².